The van der Waals surface area contributed by atoms with Crippen LogP contribution < -0.4 is 0 Å². The zero-order chi connectivity index (χ0) is 20.6. The van der Waals surface area contributed by atoms with Crippen LogP contribution in [0.5, 0.6) is 0 Å². The van der Waals surface area contributed by atoms with Gasteiger partial charge in [0.1, 0.15) is 16.5 Å². The van der Waals surface area contributed by atoms with Crippen LogP contribution in [0.25, 0.3) is 11.5 Å². The van der Waals surface area contributed by atoms with Crippen molar-refractivity contribution in [2.75, 3.05) is 13.1 Å². The molecule has 0 N–H and O–H groups in total. The maximum atomic E-state index is 13.9. The van der Waals surface area contributed by atoms with Crippen LogP contribution in [-0.4, -0.2) is 36.0 Å². The molecule has 0 radical (unpaired) electrons. The predicted octanol–water partition coefficient (Wildman–Crippen LogP) is 4.24. The molecule has 0 spiro atoms. The summed E-state index contributed by atoms with van der Waals surface area (Å²) in [6.07, 6.45) is 0.920. The molecule has 1 saturated heterocycles. The van der Waals surface area contributed by atoms with Gasteiger partial charge in [0, 0.05) is 35.7 Å². The van der Waals surface area contributed by atoms with E-state index in [0.717, 1.165) is 17.7 Å². The van der Waals surface area contributed by atoms with Crippen LogP contribution in [0.4, 0.5) is 8.78 Å². The molecule has 0 saturated carbocycles. The van der Waals surface area contributed by atoms with Gasteiger partial charge < -0.3 is 4.52 Å². The standard InChI is InChI=1S/C19H16ClF2N3O3S/c20-14-3-1-13(2-4-14)19-23-18(24-28-19)12-7-9-25(10-8-12)29(26,27)17-6-5-15(21)11-16(17)22/h1-6,11-12H,7-10H2. The van der Waals surface area contributed by atoms with E-state index in [4.69, 9.17) is 16.1 Å². The van der Waals surface area contributed by atoms with Crippen molar-refractivity contribution in [1.29, 1.82) is 0 Å². The lowest BCUT2D eigenvalue weighted by atomic mass is 9.97. The summed E-state index contributed by atoms with van der Waals surface area (Å²) in [7, 11) is -4.04. The number of sulfonamides is 1. The van der Waals surface area contributed by atoms with Crippen molar-refractivity contribution in [3.8, 4) is 11.5 Å². The second-order valence-corrected chi connectivity index (χ2v) is 9.06. The number of benzene rings is 2. The van der Waals surface area contributed by atoms with E-state index in [1.165, 1.54) is 4.31 Å². The van der Waals surface area contributed by atoms with Crippen LogP contribution in [0.2, 0.25) is 5.02 Å². The fraction of sp³-hybridized carbons (Fsp3) is 0.263. The van der Waals surface area contributed by atoms with Gasteiger partial charge in [0.25, 0.3) is 5.89 Å². The molecule has 2 aromatic carbocycles. The SMILES string of the molecule is O=S(=O)(c1ccc(F)cc1F)N1CCC(c2noc(-c3ccc(Cl)cc3)n2)CC1. The Morgan fingerprint density at radius 2 is 1.76 bits per heavy atom. The zero-order valence-electron chi connectivity index (χ0n) is 15.1. The lowest BCUT2D eigenvalue weighted by Crippen LogP contribution is -2.38. The Morgan fingerprint density at radius 3 is 2.41 bits per heavy atom. The minimum atomic E-state index is -4.04. The zero-order valence-corrected chi connectivity index (χ0v) is 16.6. The van der Waals surface area contributed by atoms with E-state index < -0.39 is 26.6 Å². The van der Waals surface area contributed by atoms with Gasteiger partial charge in [0.15, 0.2) is 5.82 Å². The maximum absolute atomic E-state index is 13.9. The average molecular weight is 440 g/mol. The predicted molar refractivity (Wildman–Crippen MR) is 102 cm³/mol. The lowest BCUT2D eigenvalue weighted by molar-refractivity contribution is 0.306. The summed E-state index contributed by atoms with van der Waals surface area (Å²) in [5.74, 6) is -1.14. The van der Waals surface area contributed by atoms with Crippen molar-refractivity contribution in [3.05, 3.63) is 64.9 Å². The van der Waals surface area contributed by atoms with Gasteiger partial charge in [-0.15, -0.1) is 0 Å². The molecule has 152 valence electrons. The summed E-state index contributed by atoms with van der Waals surface area (Å²) in [6.45, 7) is 0.350. The molecule has 0 bridgehead atoms. The average Bonchev–Trinajstić information content (AvgIpc) is 3.18. The molecule has 0 atom stereocenters. The molecule has 0 unspecified atom stereocenters. The van der Waals surface area contributed by atoms with Crippen LogP contribution in [0.15, 0.2) is 51.9 Å². The Labute approximate surface area is 171 Å². The highest BCUT2D eigenvalue weighted by molar-refractivity contribution is 7.89. The van der Waals surface area contributed by atoms with E-state index >= 15 is 0 Å². The first-order valence-corrected chi connectivity index (χ1v) is 10.7. The Hall–Kier alpha value is -2.36. The van der Waals surface area contributed by atoms with Crippen LogP contribution in [-0.2, 0) is 10.0 Å². The van der Waals surface area contributed by atoms with Crippen LogP contribution in [0.3, 0.4) is 0 Å². The number of rotatable bonds is 4. The smallest absolute Gasteiger partial charge is 0.257 e. The number of aromatic nitrogens is 2. The Bertz CT molecular complexity index is 1130. The van der Waals surface area contributed by atoms with E-state index in [-0.39, 0.29) is 19.0 Å². The van der Waals surface area contributed by atoms with Gasteiger partial charge >= 0.3 is 0 Å². The van der Waals surface area contributed by atoms with E-state index in [1.54, 1.807) is 24.3 Å². The number of hydrogen-bond donors (Lipinski definition) is 0. The molecule has 4 rings (SSSR count). The summed E-state index contributed by atoms with van der Waals surface area (Å²) in [6, 6.07) is 9.43. The van der Waals surface area contributed by atoms with Gasteiger partial charge in [0.05, 0.1) is 0 Å². The quantitative estimate of drug-likeness (QED) is 0.607. The topological polar surface area (TPSA) is 76.3 Å². The molecule has 1 aliphatic heterocycles. The first-order chi connectivity index (χ1) is 13.8. The van der Waals surface area contributed by atoms with E-state index in [0.29, 0.717) is 35.6 Å². The molecule has 1 fully saturated rings. The van der Waals surface area contributed by atoms with Gasteiger partial charge in [0.2, 0.25) is 10.0 Å². The third-order valence-corrected chi connectivity index (χ3v) is 7.05. The van der Waals surface area contributed by atoms with Crippen molar-refractivity contribution >= 4 is 21.6 Å². The molecule has 0 aliphatic carbocycles. The first-order valence-electron chi connectivity index (χ1n) is 8.89. The van der Waals surface area contributed by atoms with Crippen molar-refractivity contribution in [3.63, 3.8) is 0 Å². The van der Waals surface area contributed by atoms with Crippen LogP contribution in [0.1, 0.15) is 24.6 Å². The fourth-order valence-electron chi connectivity index (χ4n) is 3.29. The molecule has 10 heteroatoms. The summed E-state index contributed by atoms with van der Waals surface area (Å²) >= 11 is 5.88. The fourth-order valence-corrected chi connectivity index (χ4v) is 4.93. The van der Waals surface area contributed by atoms with Crippen molar-refractivity contribution < 1.29 is 21.7 Å². The Balaban J connectivity index is 1.46. The Kier molecular flexibility index (Phi) is 5.37. The lowest BCUT2D eigenvalue weighted by Gasteiger charge is -2.29. The van der Waals surface area contributed by atoms with Gasteiger partial charge in [-0.1, -0.05) is 16.8 Å². The maximum Gasteiger partial charge on any atom is 0.257 e. The molecule has 29 heavy (non-hydrogen) atoms. The van der Waals surface area contributed by atoms with Gasteiger partial charge in [-0.2, -0.15) is 9.29 Å². The molecule has 6 nitrogen and oxygen atoms in total. The minimum Gasteiger partial charge on any atom is -0.334 e. The highest BCUT2D eigenvalue weighted by atomic mass is 35.5. The summed E-state index contributed by atoms with van der Waals surface area (Å²) in [4.78, 5) is 3.89. The number of halogens is 3. The monoisotopic (exact) mass is 439 g/mol. The number of hydrogen-bond acceptors (Lipinski definition) is 5. The van der Waals surface area contributed by atoms with Gasteiger partial charge in [-0.3, -0.25) is 0 Å². The molecule has 3 aromatic rings. The molecule has 2 heterocycles. The Morgan fingerprint density at radius 1 is 1.07 bits per heavy atom. The minimum absolute atomic E-state index is 0.0793. The normalized spacial score (nSPS) is 16.2. The van der Waals surface area contributed by atoms with Gasteiger partial charge in [-0.05, 0) is 49.2 Å². The molecule has 1 aliphatic rings. The largest absolute Gasteiger partial charge is 0.334 e. The van der Waals surface area contributed by atoms with E-state index in [9.17, 15) is 17.2 Å². The summed E-state index contributed by atoms with van der Waals surface area (Å²) < 4.78 is 58.9. The van der Waals surface area contributed by atoms with Crippen LogP contribution >= 0.6 is 11.6 Å². The third-order valence-electron chi connectivity index (χ3n) is 4.86. The second-order valence-electron chi connectivity index (χ2n) is 6.72. The van der Waals surface area contributed by atoms with Crippen molar-refractivity contribution in [1.82, 2.24) is 14.4 Å². The number of nitrogens with zero attached hydrogens (tertiary/aromatic N) is 3. The van der Waals surface area contributed by atoms with E-state index in [1.807, 2.05) is 0 Å². The molecule has 0 amide bonds. The molecular weight excluding hydrogens is 424 g/mol. The summed E-state index contributed by atoms with van der Waals surface area (Å²) in [5.41, 5.74) is 0.736. The van der Waals surface area contributed by atoms with Crippen molar-refractivity contribution in [2.24, 2.45) is 0 Å². The van der Waals surface area contributed by atoms with Crippen molar-refractivity contribution in [2.45, 2.75) is 23.7 Å². The van der Waals surface area contributed by atoms with E-state index in [2.05, 4.69) is 10.1 Å². The highest BCUT2D eigenvalue weighted by Crippen LogP contribution is 2.31. The summed E-state index contributed by atoms with van der Waals surface area (Å²) in [5, 5.41) is 4.62. The first kappa shape index (κ1) is 19.9. The highest BCUT2D eigenvalue weighted by Gasteiger charge is 2.33. The van der Waals surface area contributed by atoms with Crippen LogP contribution in [0, 0.1) is 11.6 Å². The number of piperidine rings is 1. The third kappa shape index (κ3) is 4.03. The second kappa shape index (κ2) is 7.81. The molecule has 1 aromatic heterocycles. The van der Waals surface area contributed by atoms with Gasteiger partial charge in [-0.25, -0.2) is 17.2 Å². The molecular formula is C19H16ClF2N3O3S.